The molecule has 7 aromatic carbocycles. The number of para-hydroxylation sites is 2. The standard InChI is InChI=1S/C67H72N4O/c1-63(2,3)47-34-48(64(4,5)6)37-51(36-47)67(13,14)46-31-32-68-62(40-46)71-58-30-27-45(44-21-16-15-17-22-44)33-57(58)56-29-28-55(42-61(56)71)72-54-24-20-23-52(41-54)69-43-70(60-26-19-18-25-59(60)69)53-38-49(65(7,8)9)35-50(39-53)66(10,11)12/h15-42H,43H2,1-14H3. The van der Waals surface area contributed by atoms with Crippen molar-refractivity contribution >= 4 is 44.6 Å². The molecule has 5 heteroatoms. The molecular weight excluding hydrogens is 877 g/mol. The maximum Gasteiger partial charge on any atom is 0.137 e. The second-order valence-electron chi connectivity index (χ2n) is 24.8. The normalized spacial score (nSPS) is 13.6. The number of hydrogen-bond donors (Lipinski definition) is 0. The largest absolute Gasteiger partial charge is 0.457 e. The molecule has 0 bridgehead atoms. The second kappa shape index (κ2) is 17.6. The lowest BCUT2D eigenvalue weighted by molar-refractivity contribution is 0.483. The molecule has 366 valence electrons. The number of aromatic nitrogens is 2. The number of hydrogen-bond acceptors (Lipinski definition) is 4. The van der Waals surface area contributed by atoms with Crippen molar-refractivity contribution in [1.29, 1.82) is 0 Å². The van der Waals surface area contributed by atoms with Crippen LogP contribution in [-0.2, 0) is 27.1 Å². The summed E-state index contributed by atoms with van der Waals surface area (Å²) in [6.45, 7) is 33.1. The molecule has 0 saturated carbocycles. The molecule has 0 radical (unpaired) electrons. The minimum absolute atomic E-state index is 0.00878. The molecular formula is C67H72N4O. The van der Waals surface area contributed by atoms with E-state index in [1.54, 1.807) is 0 Å². The molecule has 0 aliphatic carbocycles. The average Bonchev–Trinajstić information content (AvgIpc) is 3.89. The smallest absolute Gasteiger partial charge is 0.137 e. The molecule has 0 N–H and O–H groups in total. The SMILES string of the molecule is CC(C)(C)c1cc(N2CN(c3cccc(Oc4ccc5c6cc(-c7ccccc7)ccc6n(-c6cc(C(C)(C)c7cc(C(C)(C)C)cc(C(C)(C)C)c7)ccn6)c5c4)c3)c3ccccc32)cc(C(C)(C)C)c1. The molecule has 1 aliphatic heterocycles. The van der Waals surface area contributed by atoms with E-state index in [9.17, 15) is 0 Å². The van der Waals surface area contributed by atoms with Crippen LogP contribution in [0.3, 0.4) is 0 Å². The lowest BCUT2D eigenvalue weighted by atomic mass is 9.72. The predicted molar refractivity (Wildman–Crippen MR) is 306 cm³/mol. The second-order valence-corrected chi connectivity index (χ2v) is 24.8. The highest BCUT2D eigenvalue weighted by Crippen LogP contribution is 2.47. The first-order valence-corrected chi connectivity index (χ1v) is 25.8. The zero-order valence-electron chi connectivity index (χ0n) is 45.1. The Balaban J connectivity index is 1.04. The molecule has 0 amide bonds. The van der Waals surface area contributed by atoms with Crippen LogP contribution in [-0.4, -0.2) is 16.2 Å². The zero-order chi connectivity index (χ0) is 51.1. The Bertz CT molecular complexity index is 3430. The van der Waals surface area contributed by atoms with Gasteiger partial charge in [-0.2, -0.15) is 0 Å². The summed E-state index contributed by atoms with van der Waals surface area (Å²) in [6, 6.07) is 60.1. The first kappa shape index (κ1) is 48.5. The molecule has 72 heavy (non-hydrogen) atoms. The predicted octanol–water partition coefficient (Wildman–Crippen LogP) is 18.4. The van der Waals surface area contributed by atoms with Gasteiger partial charge in [0.05, 0.1) is 22.4 Å². The fourth-order valence-corrected chi connectivity index (χ4v) is 10.2. The number of benzene rings is 7. The molecule has 5 nitrogen and oxygen atoms in total. The van der Waals surface area contributed by atoms with E-state index in [0.29, 0.717) is 6.67 Å². The van der Waals surface area contributed by atoms with Crippen LogP contribution >= 0.6 is 0 Å². The molecule has 9 aromatic rings. The summed E-state index contributed by atoms with van der Waals surface area (Å²) >= 11 is 0. The minimum atomic E-state index is -0.309. The van der Waals surface area contributed by atoms with Crippen molar-refractivity contribution in [2.75, 3.05) is 16.5 Å². The van der Waals surface area contributed by atoms with Gasteiger partial charge in [0.15, 0.2) is 0 Å². The first-order valence-electron chi connectivity index (χ1n) is 25.8. The van der Waals surface area contributed by atoms with Gasteiger partial charge in [0.2, 0.25) is 0 Å². The Morgan fingerprint density at radius 3 is 1.56 bits per heavy atom. The lowest BCUT2D eigenvalue weighted by Gasteiger charge is -2.32. The molecule has 0 fully saturated rings. The van der Waals surface area contributed by atoms with E-state index in [0.717, 1.165) is 39.4 Å². The lowest BCUT2D eigenvalue weighted by Crippen LogP contribution is -2.25. The van der Waals surface area contributed by atoms with Gasteiger partial charge in [-0.15, -0.1) is 0 Å². The van der Waals surface area contributed by atoms with Crippen LogP contribution in [0.4, 0.5) is 22.7 Å². The maximum atomic E-state index is 6.91. The van der Waals surface area contributed by atoms with Gasteiger partial charge in [0.1, 0.15) is 24.0 Å². The van der Waals surface area contributed by atoms with Crippen LogP contribution in [0.15, 0.2) is 170 Å². The van der Waals surface area contributed by atoms with Crippen molar-refractivity contribution in [3.63, 3.8) is 0 Å². The third kappa shape index (κ3) is 9.19. The first-order chi connectivity index (χ1) is 33.9. The van der Waals surface area contributed by atoms with E-state index in [4.69, 9.17) is 9.72 Å². The highest BCUT2D eigenvalue weighted by Gasteiger charge is 2.32. The number of fused-ring (bicyclic) bond motifs is 4. The average molecular weight is 949 g/mol. The summed E-state index contributed by atoms with van der Waals surface area (Å²) in [7, 11) is 0. The number of anilines is 4. The molecule has 0 atom stereocenters. The minimum Gasteiger partial charge on any atom is -0.457 e. The van der Waals surface area contributed by atoms with Crippen molar-refractivity contribution in [3.05, 3.63) is 203 Å². The third-order valence-corrected chi connectivity index (χ3v) is 15.0. The van der Waals surface area contributed by atoms with E-state index in [1.807, 2.05) is 6.20 Å². The van der Waals surface area contributed by atoms with Crippen molar-refractivity contribution in [1.82, 2.24) is 9.55 Å². The number of ether oxygens (including phenoxy) is 1. The zero-order valence-corrected chi connectivity index (χ0v) is 45.1. The molecule has 2 aromatic heterocycles. The summed E-state index contributed by atoms with van der Waals surface area (Å²) < 4.78 is 9.23. The van der Waals surface area contributed by atoms with E-state index in [1.165, 1.54) is 67.0 Å². The highest BCUT2D eigenvalue weighted by molar-refractivity contribution is 6.10. The Morgan fingerprint density at radius 1 is 0.389 bits per heavy atom. The van der Waals surface area contributed by atoms with Crippen molar-refractivity contribution in [2.24, 2.45) is 0 Å². The van der Waals surface area contributed by atoms with Crippen LogP contribution in [0.2, 0.25) is 0 Å². The number of pyridine rings is 1. The van der Waals surface area contributed by atoms with E-state index >= 15 is 0 Å². The van der Waals surface area contributed by atoms with Gasteiger partial charge in [-0.25, -0.2) is 4.98 Å². The summed E-state index contributed by atoms with van der Waals surface area (Å²) in [5.41, 5.74) is 16.8. The van der Waals surface area contributed by atoms with Gasteiger partial charge in [0.25, 0.3) is 0 Å². The molecule has 0 saturated heterocycles. The molecule has 0 spiro atoms. The van der Waals surface area contributed by atoms with Gasteiger partial charge >= 0.3 is 0 Å². The number of nitrogens with zero attached hydrogens (tertiary/aromatic N) is 4. The van der Waals surface area contributed by atoms with Gasteiger partial charge in [-0.05, 0) is 139 Å². The van der Waals surface area contributed by atoms with Crippen LogP contribution in [0.25, 0.3) is 38.8 Å². The third-order valence-electron chi connectivity index (χ3n) is 15.0. The van der Waals surface area contributed by atoms with Gasteiger partial charge in [0, 0.05) is 45.9 Å². The summed E-state index contributed by atoms with van der Waals surface area (Å²) in [6.07, 6.45) is 1.98. The number of rotatable bonds is 8. The van der Waals surface area contributed by atoms with Gasteiger partial charge in [-0.1, -0.05) is 176 Å². The fourth-order valence-electron chi connectivity index (χ4n) is 10.2. The summed E-state index contributed by atoms with van der Waals surface area (Å²) in [4.78, 5) is 10.0. The quantitative estimate of drug-likeness (QED) is 0.152. The van der Waals surface area contributed by atoms with Crippen LogP contribution in [0.1, 0.15) is 130 Å². The van der Waals surface area contributed by atoms with E-state index < -0.39 is 0 Å². The monoisotopic (exact) mass is 949 g/mol. The van der Waals surface area contributed by atoms with Crippen molar-refractivity contribution in [2.45, 2.75) is 124 Å². The Labute approximate surface area is 429 Å². The van der Waals surface area contributed by atoms with Crippen LogP contribution in [0, 0.1) is 0 Å². The summed E-state index contributed by atoms with van der Waals surface area (Å²) in [5, 5.41) is 2.31. The van der Waals surface area contributed by atoms with Crippen molar-refractivity contribution < 1.29 is 4.74 Å². The Morgan fingerprint density at radius 2 is 0.944 bits per heavy atom. The van der Waals surface area contributed by atoms with Gasteiger partial charge in [-0.3, -0.25) is 4.57 Å². The molecule has 3 heterocycles. The highest BCUT2D eigenvalue weighted by atomic mass is 16.5. The fraction of sp³-hybridized carbons (Fsp3) is 0.299. The molecule has 0 unspecified atom stereocenters. The molecule has 10 rings (SSSR count). The van der Waals surface area contributed by atoms with Crippen molar-refractivity contribution in [3.8, 4) is 28.4 Å². The van der Waals surface area contributed by atoms with Crippen LogP contribution < -0.4 is 14.5 Å². The van der Waals surface area contributed by atoms with Gasteiger partial charge < -0.3 is 14.5 Å². The van der Waals surface area contributed by atoms with E-state index in [-0.39, 0.29) is 27.1 Å². The van der Waals surface area contributed by atoms with E-state index in [2.05, 4.69) is 275 Å². The van der Waals surface area contributed by atoms with Crippen LogP contribution in [0.5, 0.6) is 11.5 Å². The Kier molecular flexibility index (Phi) is 11.8. The molecule has 1 aliphatic rings. The summed E-state index contributed by atoms with van der Waals surface area (Å²) in [5.74, 6) is 2.40. The maximum absolute atomic E-state index is 6.91. The Hall–Kier alpha value is -7.11. The topological polar surface area (TPSA) is 33.5 Å².